The van der Waals surface area contributed by atoms with Crippen LogP contribution in [0.25, 0.3) is 0 Å². The Bertz CT molecular complexity index is 780. The van der Waals surface area contributed by atoms with Gasteiger partial charge in [0, 0.05) is 38.9 Å². The number of aromatic nitrogens is 1. The largest absolute Gasteiger partial charge is 0.484 e. The monoisotopic (exact) mass is 401 g/mol. The molecule has 1 aromatic carbocycles. The number of para-hydroxylation sites is 1. The maximum Gasteiger partial charge on any atom is 0.414 e. The quantitative estimate of drug-likeness (QED) is 0.711. The highest BCUT2D eigenvalue weighted by atomic mass is 16.5. The lowest BCUT2D eigenvalue weighted by Gasteiger charge is -2.34. The Kier molecular flexibility index (Phi) is 8.58. The van der Waals surface area contributed by atoms with Crippen LogP contribution in [0, 0.1) is 0 Å². The number of benzene rings is 1. The number of ether oxygens (including phenoxy) is 1. The Hall–Kier alpha value is -3.46. The maximum absolute atomic E-state index is 12.2. The number of carboxylic acids is 2. The standard InChI is InChI=1S/C18H21N3O2.C2H2O4/c22-18(15-23-17-7-2-1-3-8-17)21-12-10-20(11-13-21)14-16-6-4-5-9-19-16;3-1(4)2(5)6/h1-9H,10-15H2;(H,3,4)(H,5,6). The van der Waals surface area contributed by atoms with Gasteiger partial charge in [-0.05, 0) is 24.3 Å². The number of carboxylic acid groups (broad SMARTS) is 2. The van der Waals surface area contributed by atoms with Crippen LogP contribution < -0.4 is 4.74 Å². The van der Waals surface area contributed by atoms with Crippen molar-refractivity contribution in [1.29, 1.82) is 0 Å². The summed E-state index contributed by atoms with van der Waals surface area (Å²) in [5.41, 5.74) is 1.07. The van der Waals surface area contributed by atoms with Crippen LogP contribution >= 0.6 is 0 Å². The number of piperazine rings is 1. The number of carbonyl (C=O) groups is 3. The van der Waals surface area contributed by atoms with E-state index in [1.54, 1.807) is 0 Å². The van der Waals surface area contributed by atoms with E-state index in [1.165, 1.54) is 0 Å². The minimum atomic E-state index is -1.82. The third-order valence-corrected chi connectivity index (χ3v) is 4.13. The van der Waals surface area contributed by atoms with Gasteiger partial charge in [0.15, 0.2) is 6.61 Å². The molecule has 1 fully saturated rings. The molecule has 0 spiro atoms. The highest BCUT2D eigenvalue weighted by Gasteiger charge is 2.21. The summed E-state index contributed by atoms with van der Waals surface area (Å²) in [6, 6.07) is 15.4. The van der Waals surface area contributed by atoms with Gasteiger partial charge in [0.1, 0.15) is 5.75 Å². The zero-order valence-electron chi connectivity index (χ0n) is 15.8. The van der Waals surface area contributed by atoms with E-state index in [0.29, 0.717) is 0 Å². The summed E-state index contributed by atoms with van der Waals surface area (Å²) < 4.78 is 5.53. The molecule has 29 heavy (non-hydrogen) atoms. The van der Waals surface area contributed by atoms with E-state index < -0.39 is 11.9 Å². The van der Waals surface area contributed by atoms with Gasteiger partial charge in [0.05, 0.1) is 5.69 Å². The van der Waals surface area contributed by atoms with E-state index in [9.17, 15) is 4.79 Å². The fourth-order valence-corrected chi connectivity index (χ4v) is 2.63. The molecule has 2 heterocycles. The van der Waals surface area contributed by atoms with Gasteiger partial charge < -0.3 is 19.8 Å². The Balaban J connectivity index is 0.000000438. The fraction of sp³-hybridized carbons (Fsp3) is 0.300. The first-order valence-corrected chi connectivity index (χ1v) is 9.00. The summed E-state index contributed by atoms with van der Waals surface area (Å²) in [7, 11) is 0. The molecule has 0 bridgehead atoms. The first-order chi connectivity index (χ1) is 14.0. The van der Waals surface area contributed by atoms with Crippen molar-refractivity contribution < 1.29 is 29.3 Å². The molecule has 1 amide bonds. The zero-order valence-corrected chi connectivity index (χ0v) is 15.8. The predicted molar refractivity (Wildman–Crippen MR) is 103 cm³/mol. The third kappa shape index (κ3) is 7.97. The lowest BCUT2D eigenvalue weighted by atomic mass is 10.2. The van der Waals surface area contributed by atoms with Gasteiger partial charge in [-0.15, -0.1) is 0 Å². The van der Waals surface area contributed by atoms with Crippen LogP contribution in [0.15, 0.2) is 54.7 Å². The van der Waals surface area contributed by atoms with Gasteiger partial charge >= 0.3 is 11.9 Å². The first kappa shape index (κ1) is 21.8. The van der Waals surface area contributed by atoms with Gasteiger partial charge in [-0.25, -0.2) is 9.59 Å². The highest BCUT2D eigenvalue weighted by molar-refractivity contribution is 6.27. The van der Waals surface area contributed by atoms with Crippen molar-refractivity contribution in [1.82, 2.24) is 14.8 Å². The topological polar surface area (TPSA) is 120 Å². The Labute approximate surface area is 168 Å². The van der Waals surface area contributed by atoms with E-state index in [-0.39, 0.29) is 12.5 Å². The van der Waals surface area contributed by atoms with Gasteiger partial charge in [0.2, 0.25) is 0 Å². The molecule has 3 rings (SSSR count). The average molecular weight is 401 g/mol. The summed E-state index contributed by atoms with van der Waals surface area (Å²) in [5.74, 6) is -2.87. The molecule has 1 aromatic heterocycles. The molecule has 0 atom stereocenters. The van der Waals surface area contributed by atoms with Crippen molar-refractivity contribution in [2.24, 2.45) is 0 Å². The smallest absolute Gasteiger partial charge is 0.414 e. The van der Waals surface area contributed by atoms with E-state index in [2.05, 4.69) is 9.88 Å². The number of rotatable bonds is 5. The van der Waals surface area contributed by atoms with Crippen LogP contribution in [0.2, 0.25) is 0 Å². The summed E-state index contributed by atoms with van der Waals surface area (Å²) in [4.78, 5) is 38.9. The minimum Gasteiger partial charge on any atom is -0.484 e. The van der Waals surface area contributed by atoms with Gasteiger partial charge in [-0.2, -0.15) is 0 Å². The molecule has 9 heteroatoms. The number of amides is 1. The normalized spacial score (nSPS) is 13.7. The maximum atomic E-state index is 12.2. The second-order valence-electron chi connectivity index (χ2n) is 6.19. The molecular formula is C20H23N3O6. The fourth-order valence-electron chi connectivity index (χ4n) is 2.63. The average Bonchev–Trinajstić information content (AvgIpc) is 2.74. The van der Waals surface area contributed by atoms with Gasteiger partial charge in [-0.1, -0.05) is 24.3 Å². The number of hydrogen-bond donors (Lipinski definition) is 2. The predicted octanol–water partition coefficient (Wildman–Crippen LogP) is 0.960. The summed E-state index contributed by atoms with van der Waals surface area (Å²) >= 11 is 0. The number of pyridine rings is 1. The van der Waals surface area contributed by atoms with Crippen LogP contribution in [0.4, 0.5) is 0 Å². The molecule has 0 unspecified atom stereocenters. The molecule has 2 N–H and O–H groups in total. The van der Waals surface area contributed by atoms with Crippen LogP contribution in [0.3, 0.4) is 0 Å². The summed E-state index contributed by atoms with van der Waals surface area (Å²) in [6.45, 7) is 4.16. The molecule has 154 valence electrons. The Morgan fingerprint density at radius 2 is 1.52 bits per heavy atom. The lowest BCUT2D eigenvalue weighted by molar-refractivity contribution is -0.159. The van der Waals surface area contributed by atoms with Crippen molar-refractivity contribution in [2.75, 3.05) is 32.8 Å². The van der Waals surface area contributed by atoms with Crippen molar-refractivity contribution in [2.45, 2.75) is 6.54 Å². The molecule has 1 aliphatic rings. The third-order valence-electron chi connectivity index (χ3n) is 4.13. The van der Waals surface area contributed by atoms with Crippen LogP contribution in [-0.4, -0.2) is 75.6 Å². The van der Waals surface area contributed by atoms with E-state index in [1.807, 2.05) is 59.6 Å². The first-order valence-electron chi connectivity index (χ1n) is 9.00. The molecule has 9 nitrogen and oxygen atoms in total. The van der Waals surface area contributed by atoms with Crippen molar-refractivity contribution in [3.05, 3.63) is 60.4 Å². The van der Waals surface area contributed by atoms with Crippen molar-refractivity contribution in [3.63, 3.8) is 0 Å². The minimum absolute atomic E-state index is 0.0475. The van der Waals surface area contributed by atoms with Crippen LogP contribution in [0.5, 0.6) is 5.75 Å². The molecule has 0 saturated carbocycles. The lowest BCUT2D eigenvalue weighted by Crippen LogP contribution is -2.49. The molecule has 0 radical (unpaired) electrons. The highest BCUT2D eigenvalue weighted by Crippen LogP contribution is 2.10. The van der Waals surface area contributed by atoms with E-state index in [4.69, 9.17) is 24.5 Å². The number of hydrogen-bond acceptors (Lipinski definition) is 6. The number of nitrogens with zero attached hydrogens (tertiary/aromatic N) is 3. The second-order valence-corrected chi connectivity index (χ2v) is 6.19. The van der Waals surface area contributed by atoms with E-state index >= 15 is 0 Å². The van der Waals surface area contributed by atoms with Crippen LogP contribution in [0.1, 0.15) is 5.69 Å². The van der Waals surface area contributed by atoms with Gasteiger partial charge in [0.25, 0.3) is 5.91 Å². The molecular weight excluding hydrogens is 378 g/mol. The molecule has 0 aliphatic carbocycles. The SMILES string of the molecule is O=C(COc1ccccc1)N1CCN(Cc2ccccn2)CC1.O=C(O)C(=O)O. The second kappa shape index (κ2) is 11.4. The van der Waals surface area contributed by atoms with Gasteiger partial charge in [-0.3, -0.25) is 14.7 Å². The molecule has 1 saturated heterocycles. The van der Waals surface area contributed by atoms with E-state index in [0.717, 1.165) is 44.2 Å². The molecule has 2 aromatic rings. The Morgan fingerprint density at radius 3 is 2.07 bits per heavy atom. The van der Waals surface area contributed by atoms with Crippen molar-refractivity contribution in [3.8, 4) is 5.75 Å². The molecule has 1 aliphatic heterocycles. The van der Waals surface area contributed by atoms with Crippen LogP contribution in [-0.2, 0) is 20.9 Å². The zero-order chi connectivity index (χ0) is 21.1. The number of aliphatic carboxylic acids is 2. The summed E-state index contributed by atoms with van der Waals surface area (Å²) in [5, 5.41) is 14.8. The van der Waals surface area contributed by atoms with Crippen molar-refractivity contribution >= 4 is 17.8 Å². The number of carbonyl (C=O) groups excluding carboxylic acids is 1. The Morgan fingerprint density at radius 1 is 0.897 bits per heavy atom. The summed E-state index contributed by atoms with van der Waals surface area (Å²) in [6.07, 6.45) is 1.82.